The van der Waals surface area contributed by atoms with Gasteiger partial charge in [0.05, 0.1) is 5.71 Å². The van der Waals surface area contributed by atoms with E-state index in [2.05, 4.69) is 9.97 Å². The number of benzene rings is 1. The van der Waals surface area contributed by atoms with Gasteiger partial charge in [0.1, 0.15) is 0 Å². The van der Waals surface area contributed by atoms with Gasteiger partial charge in [-0.2, -0.15) is 0 Å². The van der Waals surface area contributed by atoms with Gasteiger partial charge in [0, 0.05) is 36.0 Å². The van der Waals surface area contributed by atoms with Gasteiger partial charge in [0.2, 0.25) is 0 Å². The van der Waals surface area contributed by atoms with Crippen molar-refractivity contribution in [2.24, 2.45) is 5.73 Å². The molecule has 0 fully saturated rings. The molecule has 1 aromatic carbocycles. The first-order chi connectivity index (χ1) is 11.2. The Morgan fingerprint density at radius 1 is 0.739 bits per heavy atom. The molecule has 0 bridgehead atoms. The molecule has 0 amide bonds. The van der Waals surface area contributed by atoms with Crippen LogP contribution in [0.25, 0.3) is 16.8 Å². The first-order valence-electron chi connectivity index (χ1n) is 7.21. The van der Waals surface area contributed by atoms with E-state index in [0.29, 0.717) is 11.4 Å². The molecule has 0 spiro atoms. The zero-order chi connectivity index (χ0) is 16.1. The van der Waals surface area contributed by atoms with Crippen molar-refractivity contribution in [1.82, 2.24) is 9.97 Å². The Bertz CT molecular complexity index is 822. The van der Waals surface area contributed by atoms with Gasteiger partial charge in [-0.1, -0.05) is 24.3 Å². The number of nitrogens with zero attached hydrogens (tertiary/aromatic N) is 2. The minimum Gasteiger partial charge on any atom is -0.398 e. The molecule has 0 saturated carbocycles. The second-order valence-electron chi connectivity index (χ2n) is 5.06. The molecule has 4 heteroatoms. The Labute approximate surface area is 134 Å². The largest absolute Gasteiger partial charge is 0.398 e. The number of rotatable bonds is 4. The predicted molar refractivity (Wildman–Crippen MR) is 92.9 cm³/mol. The summed E-state index contributed by atoms with van der Waals surface area (Å²) in [5, 5.41) is 8.20. The summed E-state index contributed by atoms with van der Waals surface area (Å²) in [5.74, 6) is 0. The lowest BCUT2D eigenvalue weighted by atomic mass is 10.0. The average Bonchev–Trinajstić information content (AvgIpc) is 2.63. The lowest BCUT2D eigenvalue weighted by Crippen LogP contribution is -2.02. The normalized spacial score (nSPS) is 11.2. The van der Waals surface area contributed by atoms with Gasteiger partial charge < -0.3 is 11.1 Å². The fourth-order valence-corrected chi connectivity index (χ4v) is 2.25. The lowest BCUT2D eigenvalue weighted by Gasteiger charge is -2.05. The predicted octanol–water partition coefficient (Wildman–Crippen LogP) is 3.51. The molecule has 112 valence electrons. The molecule has 0 unspecified atom stereocenters. The fraction of sp³-hybridized carbons (Fsp3) is 0. The lowest BCUT2D eigenvalue weighted by molar-refractivity contribution is 1.31. The van der Waals surface area contributed by atoms with Crippen molar-refractivity contribution in [2.75, 3.05) is 0 Å². The summed E-state index contributed by atoms with van der Waals surface area (Å²) in [4.78, 5) is 7.98. The van der Waals surface area contributed by atoms with Crippen molar-refractivity contribution in [2.45, 2.75) is 0 Å². The molecule has 3 N–H and O–H groups in total. The van der Waals surface area contributed by atoms with Crippen molar-refractivity contribution < 1.29 is 0 Å². The summed E-state index contributed by atoms with van der Waals surface area (Å²) in [6.45, 7) is 0. The Kier molecular flexibility index (Phi) is 4.25. The minimum atomic E-state index is 0.376. The van der Waals surface area contributed by atoms with Crippen molar-refractivity contribution in [3.63, 3.8) is 0 Å². The molecule has 0 saturated heterocycles. The van der Waals surface area contributed by atoms with Crippen LogP contribution in [-0.4, -0.2) is 15.7 Å². The Balaban J connectivity index is 1.81. The molecular weight excluding hydrogens is 284 g/mol. The summed E-state index contributed by atoms with van der Waals surface area (Å²) < 4.78 is 0. The van der Waals surface area contributed by atoms with Crippen LogP contribution in [0.1, 0.15) is 11.1 Å². The van der Waals surface area contributed by atoms with E-state index in [-0.39, 0.29) is 0 Å². The van der Waals surface area contributed by atoms with Gasteiger partial charge in [0.25, 0.3) is 0 Å². The van der Waals surface area contributed by atoms with Gasteiger partial charge in [-0.3, -0.25) is 9.97 Å². The van der Waals surface area contributed by atoms with E-state index in [0.717, 1.165) is 22.3 Å². The van der Waals surface area contributed by atoms with Crippen molar-refractivity contribution >= 4 is 11.4 Å². The standard InChI is InChI=1S/C19H16N4/c20-18(13-19(21)17-7-11-23-12-8-17)16-3-1-14(2-4-16)15-5-9-22-10-6-15/h1-13,20H,21H2/b19-13-,20-18?. The van der Waals surface area contributed by atoms with Gasteiger partial charge in [-0.05, 0) is 47.0 Å². The highest BCUT2D eigenvalue weighted by molar-refractivity contribution is 6.10. The van der Waals surface area contributed by atoms with Crippen LogP contribution in [-0.2, 0) is 0 Å². The third-order valence-corrected chi connectivity index (χ3v) is 3.52. The molecule has 2 heterocycles. The van der Waals surface area contributed by atoms with Crippen molar-refractivity contribution in [3.05, 3.63) is 90.5 Å². The highest BCUT2D eigenvalue weighted by Gasteiger charge is 2.03. The summed E-state index contributed by atoms with van der Waals surface area (Å²) >= 11 is 0. The molecule has 0 aliphatic rings. The van der Waals surface area contributed by atoms with Crippen LogP contribution in [0.4, 0.5) is 0 Å². The molecule has 4 nitrogen and oxygen atoms in total. The monoisotopic (exact) mass is 300 g/mol. The molecule has 3 aromatic rings. The topological polar surface area (TPSA) is 75.7 Å². The van der Waals surface area contributed by atoms with E-state index >= 15 is 0 Å². The van der Waals surface area contributed by atoms with Gasteiger partial charge in [-0.15, -0.1) is 0 Å². The first kappa shape index (κ1) is 14.7. The maximum atomic E-state index is 8.20. The third-order valence-electron chi connectivity index (χ3n) is 3.52. The highest BCUT2D eigenvalue weighted by atomic mass is 14.6. The molecule has 0 aliphatic heterocycles. The maximum absolute atomic E-state index is 8.20. The van der Waals surface area contributed by atoms with Crippen LogP contribution < -0.4 is 5.73 Å². The number of aromatic nitrogens is 2. The second-order valence-corrected chi connectivity index (χ2v) is 5.06. The number of hydrogen-bond acceptors (Lipinski definition) is 4. The van der Waals surface area contributed by atoms with Gasteiger partial charge >= 0.3 is 0 Å². The number of nitrogens with one attached hydrogen (secondary N) is 1. The zero-order valence-corrected chi connectivity index (χ0v) is 12.5. The first-order valence-corrected chi connectivity index (χ1v) is 7.21. The van der Waals surface area contributed by atoms with Gasteiger partial charge in [0.15, 0.2) is 0 Å². The Morgan fingerprint density at radius 2 is 1.26 bits per heavy atom. The number of allylic oxidation sites excluding steroid dienone is 1. The van der Waals surface area contributed by atoms with E-state index in [1.165, 1.54) is 0 Å². The Hall–Kier alpha value is -3.27. The van der Waals surface area contributed by atoms with E-state index in [1.54, 1.807) is 30.9 Å². The van der Waals surface area contributed by atoms with E-state index < -0.39 is 0 Å². The number of nitrogens with two attached hydrogens (primary N) is 1. The smallest absolute Gasteiger partial charge is 0.0632 e. The summed E-state index contributed by atoms with van der Waals surface area (Å²) in [5.41, 5.74) is 10.8. The molecule has 0 atom stereocenters. The van der Waals surface area contributed by atoms with Crippen LogP contribution in [0.3, 0.4) is 0 Å². The molecule has 2 aromatic heterocycles. The second kappa shape index (κ2) is 6.66. The molecular formula is C19H16N4. The third kappa shape index (κ3) is 3.49. The van der Waals surface area contributed by atoms with Crippen LogP contribution in [0, 0.1) is 5.41 Å². The highest BCUT2D eigenvalue weighted by Crippen LogP contribution is 2.19. The van der Waals surface area contributed by atoms with Crippen LogP contribution >= 0.6 is 0 Å². The number of pyridine rings is 2. The molecule has 3 rings (SSSR count). The molecule has 23 heavy (non-hydrogen) atoms. The van der Waals surface area contributed by atoms with Crippen LogP contribution in [0.15, 0.2) is 79.4 Å². The van der Waals surface area contributed by atoms with Crippen LogP contribution in [0.5, 0.6) is 0 Å². The zero-order valence-electron chi connectivity index (χ0n) is 12.5. The quantitative estimate of drug-likeness (QED) is 0.724. The minimum absolute atomic E-state index is 0.376. The van der Waals surface area contributed by atoms with Crippen LogP contribution in [0.2, 0.25) is 0 Å². The number of hydrogen-bond donors (Lipinski definition) is 2. The maximum Gasteiger partial charge on any atom is 0.0632 e. The van der Waals surface area contributed by atoms with E-state index in [4.69, 9.17) is 11.1 Å². The molecule has 0 radical (unpaired) electrons. The SMILES string of the molecule is N=C(/C=C(\N)c1ccncc1)c1ccc(-c2ccncc2)cc1. The van der Waals surface area contributed by atoms with Crippen molar-refractivity contribution in [1.29, 1.82) is 5.41 Å². The molecule has 0 aliphatic carbocycles. The van der Waals surface area contributed by atoms with Gasteiger partial charge in [-0.25, -0.2) is 0 Å². The van der Waals surface area contributed by atoms with Crippen molar-refractivity contribution in [3.8, 4) is 11.1 Å². The summed E-state index contributed by atoms with van der Waals surface area (Å²) in [7, 11) is 0. The summed E-state index contributed by atoms with van der Waals surface area (Å²) in [6, 6.07) is 15.4. The Morgan fingerprint density at radius 3 is 1.87 bits per heavy atom. The van der Waals surface area contributed by atoms with E-state index in [1.807, 2.05) is 48.5 Å². The average molecular weight is 300 g/mol. The summed E-state index contributed by atoms with van der Waals surface area (Å²) in [6.07, 6.45) is 8.57. The fourth-order valence-electron chi connectivity index (χ4n) is 2.25. The van der Waals surface area contributed by atoms with E-state index in [9.17, 15) is 0 Å².